The number of likely N-dealkylation sites (N-methyl/N-ethyl adjacent to an activating group) is 1. The van der Waals surface area contributed by atoms with E-state index in [1.165, 1.54) is 35.9 Å². The fraction of sp³-hybridized carbons (Fsp3) is 0.517. The van der Waals surface area contributed by atoms with Crippen LogP contribution in [0.25, 0.3) is 11.1 Å². The molecular formula is C29H46N4O6S. The lowest BCUT2D eigenvalue weighted by atomic mass is 9.85. The van der Waals surface area contributed by atoms with Crippen LogP contribution in [0.15, 0.2) is 40.4 Å². The van der Waals surface area contributed by atoms with Crippen LogP contribution in [0, 0.1) is 0 Å². The predicted octanol–water partition coefficient (Wildman–Crippen LogP) is 4.07. The topological polar surface area (TPSA) is 132 Å². The number of hydrogen-bond acceptors (Lipinski definition) is 8. The first-order valence-corrected chi connectivity index (χ1v) is 15.0. The van der Waals surface area contributed by atoms with Crippen LogP contribution >= 0.6 is 0 Å². The zero-order valence-electron chi connectivity index (χ0n) is 25.1. The molecule has 0 spiro atoms. The van der Waals surface area contributed by atoms with Crippen molar-refractivity contribution in [2.75, 3.05) is 53.3 Å². The van der Waals surface area contributed by atoms with Gasteiger partial charge >= 0.3 is 5.97 Å². The number of nitrogens with one attached hydrogen (secondary N) is 1. The lowest BCUT2D eigenvalue weighted by molar-refractivity contribution is -0.142. The highest BCUT2D eigenvalue weighted by Crippen LogP contribution is 2.39. The van der Waals surface area contributed by atoms with Crippen molar-refractivity contribution in [2.45, 2.75) is 58.4 Å². The number of carboxylic acids is 1. The Morgan fingerprint density at radius 3 is 2.27 bits per heavy atom. The minimum atomic E-state index is -3.49. The molecule has 2 heterocycles. The van der Waals surface area contributed by atoms with Crippen molar-refractivity contribution >= 4 is 27.4 Å². The monoisotopic (exact) mass is 578 g/mol. The molecule has 0 unspecified atom stereocenters. The van der Waals surface area contributed by atoms with Gasteiger partial charge in [0, 0.05) is 46.4 Å². The van der Waals surface area contributed by atoms with Crippen LogP contribution in [0.1, 0.15) is 50.8 Å². The molecule has 2 aromatic rings. The molecule has 0 radical (unpaired) electrons. The SMILES string of the molecule is CC.CCC.CN1CCc2c(-c3ccc(S(=O)(=O)N(C)C)cc3)cc3c(c2C1)NC/C(=N/OCC(=O)O)C3.CO. The van der Waals surface area contributed by atoms with E-state index < -0.39 is 22.6 Å². The van der Waals surface area contributed by atoms with E-state index in [-0.39, 0.29) is 4.90 Å². The Kier molecular flexibility index (Phi) is 14.9. The van der Waals surface area contributed by atoms with Crippen LogP contribution in [0.2, 0.25) is 0 Å². The molecule has 0 saturated carbocycles. The van der Waals surface area contributed by atoms with Crippen LogP contribution < -0.4 is 5.32 Å². The molecular weight excluding hydrogens is 532 g/mol. The summed E-state index contributed by atoms with van der Waals surface area (Å²) < 4.78 is 26.1. The summed E-state index contributed by atoms with van der Waals surface area (Å²) in [5.74, 6) is -1.07. The van der Waals surface area contributed by atoms with Gasteiger partial charge in [0.05, 0.1) is 17.2 Å². The van der Waals surface area contributed by atoms with E-state index in [2.05, 4.69) is 42.3 Å². The van der Waals surface area contributed by atoms with Gasteiger partial charge in [0.1, 0.15) is 0 Å². The Balaban J connectivity index is 0.00000105. The number of oxime groups is 1. The Labute approximate surface area is 239 Å². The highest BCUT2D eigenvalue weighted by molar-refractivity contribution is 7.89. The smallest absolute Gasteiger partial charge is 0.344 e. The minimum Gasteiger partial charge on any atom is -0.479 e. The quantitative estimate of drug-likeness (QED) is 0.437. The van der Waals surface area contributed by atoms with E-state index in [1.807, 2.05) is 26.0 Å². The van der Waals surface area contributed by atoms with Crippen molar-refractivity contribution in [3.05, 3.63) is 47.0 Å². The largest absolute Gasteiger partial charge is 0.479 e. The number of carbonyl (C=O) groups is 1. The Hall–Kier alpha value is -2.99. The summed E-state index contributed by atoms with van der Waals surface area (Å²) in [6.07, 6.45) is 2.70. The molecule has 2 aliphatic heterocycles. The molecule has 2 aromatic carbocycles. The van der Waals surface area contributed by atoms with Crippen molar-refractivity contribution in [1.82, 2.24) is 9.21 Å². The third kappa shape index (κ3) is 9.02. The van der Waals surface area contributed by atoms with E-state index in [0.29, 0.717) is 13.0 Å². The number of nitrogens with zero attached hydrogens (tertiary/aromatic N) is 3. The van der Waals surface area contributed by atoms with Crippen LogP contribution in [0.4, 0.5) is 5.69 Å². The van der Waals surface area contributed by atoms with Gasteiger partial charge in [-0.3, -0.25) is 0 Å². The zero-order valence-corrected chi connectivity index (χ0v) is 25.9. The highest BCUT2D eigenvalue weighted by Gasteiger charge is 2.27. The Bertz CT molecular complexity index is 1230. The van der Waals surface area contributed by atoms with E-state index in [4.69, 9.17) is 15.1 Å². The minimum absolute atomic E-state index is 0.259. The Morgan fingerprint density at radius 1 is 1.12 bits per heavy atom. The zero-order chi connectivity index (χ0) is 30.5. The number of sulfonamides is 1. The summed E-state index contributed by atoms with van der Waals surface area (Å²) in [5.41, 5.74) is 7.45. The van der Waals surface area contributed by atoms with Gasteiger partial charge in [0.15, 0.2) is 0 Å². The maximum atomic E-state index is 12.5. The summed E-state index contributed by atoms with van der Waals surface area (Å²) >= 11 is 0. The van der Waals surface area contributed by atoms with Crippen LogP contribution in [-0.2, 0) is 39.0 Å². The molecule has 0 saturated heterocycles. The van der Waals surface area contributed by atoms with Crippen LogP contribution in [0.5, 0.6) is 0 Å². The van der Waals surface area contributed by atoms with Crippen molar-refractivity contribution < 1.29 is 28.3 Å². The molecule has 0 amide bonds. The molecule has 3 N–H and O–H groups in total. The molecule has 224 valence electrons. The first kappa shape index (κ1) is 35.0. The van der Waals surface area contributed by atoms with Gasteiger partial charge < -0.3 is 25.3 Å². The van der Waals surface area contributed by atoms with Gasteiger partial charge in [-0.25, -0.2) is 17.5 Å². The number of aliphatic carboxylic acids is 1. The molecule has 4 rings (SSSR count). The van der Waals surface area contributed by atoms with Gasteiger partial charge in [-0.2, -0.15) is 0 Å². The molecule has 11 heteroatoms. The van der Waals surface area contributed by atoms with Gasteiger partial charge in [-0.05, 0) is 59.5 Å². The van der Waals surface area contributed by atoms with Crippen LogP contribution in [-0.4, -0.2) is 87.5 Å². The lowest BCUT2D eigenvalue weighted by Gasteiger charge is -2.33. The first-order valence-electron chi connectivity index (χ1n) is 13.6. The Morgan fingerprint density at radius 2 is 1.73 bits per heavy atom. The first-order chi connectivity index (χ1) is 19.1. The van der Waals surface area contributed by atoms with E-state index in [0.717, 1.165) is 54.7 Å². The normalized spacial score (nSPS) is 15.1. The number of fused-ring (bicyclic) bond motifs is 3. The van der Waals surface area contributed by atoms with Gasteiger partial charge in [-0.15, -0.1) is 0 Å². The summed E-state index contributed by atoms with van der Waals surface area (Å²) in [4.78, 5) is 18.2. The summed E-state index contributed by atoms with van der Waals surface area (Å²) in [7, 11) is 2.64. The number of carboxylic acid groups (broad SMARTS) is 1. The van der Waals surface area contributed by atoms with Crippen molar-refractivity contribution in [1.29, 1.82) is 0 Å². The predicted molar refractivity (Wildman–Crippen MR) is 161 cm³/mol. The highest BCUT2D eigenvalue weighted by atomic mass is 32.2. The summed E-state index contributed by atoms with van der Waals surface area (Å²) in [6, 6.07) is 9.15. The van der Waals surface area contributed by atoms with E-state index in [9.17, 15) is 13.2 Å². The van der Waals surface area contributed by atoms with Crippen LogP contribution in [0.3, 0.4) is 0 Å². The average Bonchev–Trinajstić information content (AvgIpc) is 2.95. The van der Waals surface area contributed by atoms with Gasteiger partial charge in [0.2, 0.25) is 16.6 Å². The van der Waals surface area contributed by atoms with Gasteiger partial charge in [-0.1, -0.05) is 51.4 Å². The summed E-state index contributed by atoms with van der Waals surface area (Å²) in [6.45, 7) is 10.0. The lowest BCUT2D eigenvalue weighted by Crippen LogP contribution is -2.31. The number of aliphatic hydroxyl groups is 1. The number of rotatable bonds is 6. The third-order valence-corrected chi connectivity index (χ3v) is 7.82. The molecule has 0 fully saturated rings. The van der Waals surface area contributed by atoms with Crippen molar-refractivity contribution in [3.8, 4) is 11.1 Å². The van der Waals surface area contributed by atoms with Gasteiger partial charge in [0.25, 0.3) is 0 Å². The number of benzene rings is 2. The molecule has 0 aromatic heterocycles. The molecule has 10 nitrogen and oxygen atoms in total. The molecule has 40 heavy (non-hydrogen) atoms. The second kappa shape index (κ2) is 17.0. The maximum Gasteiger partial charge on any atom is 0.344 e. The molecule has 0 aliphatic carbocycles. The fourth-order valence-corrected chi connectivity index (χ4v) is 5.20. The second-order valence-electron chi connectivity index (χ2n) is 9.28. The maximum absolute atomic E-state index is 12.5. The van der Waals surface area contributed by atoms with Crippen molar-refractivity contribution in [3.63, 3.8) is 0 Å². The third-order valence-electron chi connectivity index (χ3n) is 5.99. The summed E-state index contributed by atoms with van der Waals surface area (Å²) in [5, 5.41) is 23.2. The van der Waals surface area contributed by atoms with E-state index in [1.54, 1.807) is 12.1 Å². The molecule has 2 aliphatic rings. The second-order valence-corrected chi connectivity index (χ2v) is 11.4. The number of aliphatic hydroxyl groups excluding tert-OH is 1. The average molecular weight is 579 g/mol. The number of hydrogen-bond donors (Lipinski definition) is 3. The fourth-order valence-electron chi connectivity index (χ4n) is 4.30. The van der Waals surface area contributed by atoms with E-state index >= 15 is 0 Å². The molecule has 0 atom stereocenters. The number of anilines is 1. The molecule has 0 bridgehead atoms. The van der Waals surface area contributed by atoms with Crippen molar-refractivity contribution in [2.24, 2.45) is 5.16 Å². The standard InChI is InChI=1S/C23H28N4O5S.C3H8.C2H6.CH4O/c1-26(2)33(30,31)18-6-4-15(5-7-18)20-11-16-10-17(25-32-14-22(28)29)12-24-23(16)21-13-27(3)9-8-19(20)21;1-3-2;2*1-2/h4-7,11,24H,8-10,12-14H2,1-3H3,(H,28,29);3H2,1-2H3;1-2H3;2H,1H3/b25-17+;;;.